The van der Waals surface area contributed by atoms with Gasteiger partial charge in [0.1, 0.15) is 5.75 Å². The number of pyridine rings is 1. The fraction of sp³-hybridized carbons (Fsp3) is 0.444. The molecule has 1 aromatic heterocycles. The molecule has 0 amide bonds. The summed E-state index contributed by atoms with van der Waals surface area (Å²) in [5, 5.41) is 3.06. The second-order valence-electron chi connectivity index (χ2n) is 2.62. The van der Waals surface area contributed by atoms with Crippen molar-refractivity contribution < 1.29 is 4.74 Å². The molecule has 66 valence electrons. The molecule has 0 aromatic carbocycles. The maximum atomic E-state index is 5.16. The Kier molecular flexibility index (Phi) is 3.05. The monoisotopic (exact) mass is 166 g/mol. The molecule has 1 rings (SSSR count). The minimum absolute atomic E-state index is 0.781. The van der Waals surface area contributed by atoms with Crippen LogP contribution in [0.25, 0.3) is 0 Å². The zero-order valence-corrected chi connectivity index (χ0v) is 7.72. The van der Waals surface area contributed by atoms with Crippen molar-refractivity contribution in [2.24, 2.45) is 0 Å². The Hall–Kier alpha value is -1.09. The van der Waals surface area contributed by atoms with Crippen LogP contribution >= 0.6 is 0 Å². The van der Waals surface area contributed by atoms with Gasteiger partial charge in [0.2, 0.25) is 0 Å². The number of hydrogen-bond donors (Lipinski definition) is 1. The van der Waals surface area contributed by atoms with Crippen LogP contribution in [0.3, 0.4) is 0 Å². The van der Waals surface area contributed by atoms with Gasteiger partial charge >= 0.3 is 0 Å². The SMILES string of the molecule is CNCc1nccc(OC)c1C. The lowest BCUT2D eigenvalue weighted by Crippen LogP contribution is -2.09. The van der Waals surface area contributed by atoms with Gasteiger partial charge in [-0.2, -0.15) is 0 Å². The van der Waals surface area contributed by atoms with Crippen molar-refractivity contribution in [1.29, 1.82) is 0 Å². The van der Waals surface area contributed by atoms with Crippen molar-refractivity contribution in [2.45, 2.75) is 13.5 Å². The summed E-state index contributed by atoms with van der Waals surface area (Å²) in [7, 11) is 3.58. The van der Waals surface area contributed by atoms with Crippen molar-refractivity contribution in [1.82, 2.24) is 10.3 Å². The van der Waals surface area contributed by atoms with Gasteiger partial charge in [-0.25, -0.2) is 0 Å². The van der Waals surface area contributed by atoms with E-state index in [1.54, 1.807) is 13.3 Å². The highest BCUT2D eigenvalue weighted by atomic mass is 16.5. The lowest BCUT2D eigenvalue weighted by atomic mass is 10.2. The zero-order chi connectivity index (χ0) is 8.97. The van der Waals surface area contributed by atoms with E-state index in [0.29, 0.717) is 0 Å². The first-order chi connectivity index (χ1) is 5.79. The van der Waals surface area contributed by atoms with Gasteiger partial charge in [0, 0.05) is 18.3 Å². The van der Waals surface area contributed by atoms with Gasteiger partial charge in [-0.15, -0.1) is 0 Å². The third-order valence-electron chi connectivity index (χ3n) is 1.82. The van der Waals surface area contributed by atoms with E-state index in [1.165, 1.54) is 0 Å². The summed E-state index contributed by atoms with van der Waals surface area (Å²) in [4.78, 5) is 4.23. The number of hydrogen-bond acceptors (Lipinski definition) is 3. The summed E-state index contributed by atoms with van der Waals surface area (Å²) in [5.41, 5.74) is 2.14. The predicted molar refractivity (Wildman–Crippen MR) is 48.3 cm³/mol. The van der Waals surface area contributed by atoms with Gasteiger partial charge in [-0.3, -0.25) is 4.98 Å². The third kappa shape index (κ3) is 1.74. The molecule has 0 unspecified atom stereocenters. The van der Waals surface area contributed by atoms with Gasteiger partial charge in [-0.05, 0) is 20.0 Å². The lowest BCUT2D eigenvalue weighted by molar-refractivity contribution is 0.410. The van der Waals surface area contributed by atoms with Crippen LogP contribution in [0.15, 0.2) is 12.3 Å². The fourth-order valence-electron chi connectivity index (χ4n) is 1.13. The number of aromatic nitrogens is 1. The van der Waals surface area contributed by atoms with Crippen LogP contribution in [0.4, 0.5) is 0 Å². The number of rotatable bonds is 3. The molecule has 1 aromatic rings. The minimum Gasteiger partial charge on any atom is -0.496 e. The van der Waals surface area contributed by atoms with Crippen LogP contribution in [0.1, 0.15) is 11.3 Å². The molecule has 0 spiro atoms. The number of nitrogens with zero attached hydrogens (tertiary/aromatic N) is 1. The van der Waals surface area contributed by atoms with Crippen LogP contribution in [0.2, 0.25) is 0 Å². The molecule has 0 fully saturated rings. The fourth-order valence-corrected chi connectivity index (χ4v) is 1.13. The molecule has 0 radical (unpaired) electrons. The van der Waals surface area contributed by atoms with Crippen LogP contribution in [0, 0.1) is 6.92 Å². The van der Waals surface area contributed by atoms with E-state index in [9.17, 15) is 0 Å². The van der Waals surface area contributed by atoms with E-state index in [-0.39, 0.29) is 0 Å². The Morgan fingerprint density at radius 3 is 2.92 bits per heavy atom. The van der Waals surface area contributed by atoms with Crippen molar-refractivity contribution in [3.05, 3.63) is 23.5 Å². The third-order valence-corrected chi connectivity index (χ3v) is 1.82. The molecule has 0 aliphatic rings. The maximum absolute atomic E-state index is 5.16. The first-order valence-electron chi connectivity index (χ1n) is 3.92. The Morgan fingerprint density at radius 1 is 1.58 bits per heavy atom. The molecule has 0 saturated carbocycles. The van der Waals surface area contributed by atoms with Gasteiger partial charge in [-0.1, -0.05) is 0 Å². The summed E-state index contributed by atoms with van der Waals surface area (Å²) in [5.74, 6) is 0.898. The highest BCUT2D eigenvalue weighted by Crippen LogP contribution is 2.18. The van der Waals surface area contributed by atoms with Gasteiger partial charge in [0.25, 0.3) is 0 Å². The number of ether oxygens (including phenoxy) is 1. The Balaban J connectivity index is 2.97. The van der Waals surface area contributed by atoms with Crippen LogP contribution in [0.5, 0.6) is 5.75 Å². The summed E-state index contributed by atoms with van der Waals surface area (Å²) < 4.78 is 5.16. The van der Waals surface area contributed by atoms with E-state index >= 15 is 0 Å². The average molecular weight is 166 g/mol. The first-order valence-corrected chi connectivity index (χ1v) is 3.92. The topological polar surface area (TPSA) is 34.2 Å². The Labute approximate surface area is 72.8 Å². The van der Waals surface area contributed by atoms with Crippen molar-refractivity contribution in [3.63, 3.8) is 0 Å². The highest BCUT2D eigenvalue weighted by Gasteiger charge is 2.03. The van der Waals surface area contributed by atoms with Crippen LogP contribution in [-0.4, -0.2) is 19.1 Å². The summed E-state index contributed by atoms with van der Waals surface area (Å²) in [6, 6.07) is 1.87. The Morgan fingerprint density at radius 2 is 2.33 bits per heavy atom. The van der Waals surface area contributed by atoms with Crippen molar-refractivity contribution in [3.8, 4) is 5.75 Å². The minimum atomic E-state index is 0.781. The molecule has 1 heterocycles. The molecule has 0 aliphatic heterocycles. The lowest BCUT2D eigenvalue weighted by Gasteiger charge is -2.07. The van der Waals surface area contributed by atoms with E-state index in [2.05, 4.69) is 10.3 Å². The Bertz CT molecular complexity index is 261. The smallest absolute Gasteiger partial charge is 0.125 e. The molecule has 0 saturated heterocycles. The van der Waals surface area contributed by atoms with E-state index in [1.807, 2.05) is 20.0 Å². The molecule has 0 bridgehead atoms. The van der Waals surface area contributed by atoms with Crippen LogP contribution in [-0.2, 0) is 6.54 Å². The molecule has 3 heteroatoms. The van der Waals surface area contributed by atoms with E-state index in [0.717, 1.165) is 23.6 Å². The number of nitrogens with one attached hydrogen (secondary N) is 1. The van der Waals surface area contributed by atoms with Gasteiger partial charge in [0.05, 0.1) is 12.8 Å². The first kappa shape index (κ1) is 9.00. The summed E-state index contributed by atoms with van der Waals surface area (Å²) in [6.07, 6.45) is 1.76. The maximum Gasteiger partial charge on any atom is 0.125 e. The molecule has 12 heavy (non-hydrogen) atoms. The standard InChI is InChI=1S/C9H14N2O/c1-7-8(6-10-2)11-5-4-9(7)12-3/h4-5,10H,6H2,1-3H3. The second kappa shape index (κ2) is 4.07. The molecule has 3 nitrogen and oxygen atoms in total. The zero-order valence-electron chi connectivity index (χ0n) is 7.72. The summed E-state index contributed by atoms with van der Waals surface area (Å²) in [6.45, 7) is 2.79. The largest absolute Gasteiger partial charge is 0.496 e. The quantitative estimate of drug-likeness (QED) is 0.730. The second-order valence-corrected chi connectivity index (χ2v) is 2.62. The van der Waals surface area contributed by atoms with E-state index in [4.69, 9.17) is 4.74 Å². The average Bonchev–Trinajstić information content (AvgIpc) is 2.09. The molecule has 0 aliphatic carbocycles. The molecule has 1 N–H and O–H groups in total. The van der Waals surface area contributed by atoms with Crippen LogP contribution < -0.4 is 10.1 Å². The van der Waals surface area contributed by atoms with Crippen molar-refractivity contribution >= 4 is 0 Å². The van der Waals surface area contributed by atoms with Gasteiger partial charge in [0.15, 0.2) is 0 Å². The normalized spacial score (nSPS) is 9.92. The predicted octanol–water partition coefficient (Wildman–Crippen LogP) is 1.12. The van der Waals surface area contributed by atoms with Gasteiger partial charge < -0.3 is 10.1 Å². The molecular formula is C9H14N2O. The molecular weight excluding hydrogens is 152 g/mol. The van der Waals surface area contributed by atoms with E-state index < -0.39 is 0 Å². The van der Waals surface area contributed by atoms with Crippen molar-refractivity contribution in [2.75, 3.05) is 14.2 Å². The molecule has 0 atom stereocenters. The number of methoxy groups -OCH3 is 1. The summed E-state index contributed by atoms with van der Waals surface area (Å²) >= 11 is 0. The highest BCUT2D eigenvalue weighted by molar-refractivity contribution is 5.34.